The van der Waals surface area contributed by atoms with Gasteiger partial charge in [-0.05, 0) is 38.5 Å². The molecule has 272 valence electrons. The first kappa shape index (κ1) is 44.6. The average Bonchev–Trinajstić information content (AvgIpc) is 3.06. The Morgan fingerprint density at radius 1 is 0.435 bits per heavy atom. The second-order valence-electron chi connectivity index (χ2n) is 13.8. The molecule has 0 rings (SSSR count). The average molecular weight is 651 g/mol. The first-order valence-corrected chi connectivity index (χ1v) is 20.2. The van der Waals surface area contributed by atoms with Crippen LogP contribution in [0.3, 0.4) is 0 Å². The van der Waals surface area contributed by atoms with E-state index in [0.717, 1.165) is 32.1 Å². The fourth-order valence-electron chi connectivity index (χ4n) is 5.91. The van der Waals surface area contributed by atoms with Crippen LogP contribution in [-0.2, 0) is 19.1 Å². The summed E-state index contributed by atoms with van der Waals surface area (Å²) in [4.78, 5) is 23.9. The van der Waals surface area contributed by atoms with Gasteiger partial charge >= 0.3 is 11.9 Å². The van der Waals surface area contributed by atoms with Gasteiger partial charge in [0.1, 0.15) is 19.3 Å². The monoisotopic (exact) mass is 651 g/mol. The lowest BCUT2D eigenvalue weighted by molar-refractivity contribution is -0.152. The van der Waals surface area contributed by atoms with E-state index in [0.29, 0.717) is 12.8 Å². The third-order valence-electron chi connectivity index (χ3n) is 9.00. The number of ether oxygens (including phenoxy) is 2. The van der Waals surface area contributed by atoms with Crippen molar-refractivity contribution < 1.29 is 24.2 Å². The normalized spacial score (nSPS) is 12.2. The zero-order valence-electron chi connectivity index (χ0n) is 30.9. The van der Waals surface area contributed by atoms with Crippen molar-refractivity contribution in [3.05, 3.63) is 12.2 Å². The van der Waals surface area contributed by atoms with Gasteiger partial charge in [-0.25, -0.2) is 0 Å². The second kappa shape index (κ2) is 38.1. The van der Waals surface area contributed by atoms with Crippen molar-refractivity contribution in [3.63, 3.8) is 0 Å². The summed E-state index contributed by atoms with van der Waals surface area (Å²) in [5.41, 5.74) is 0. The Morgan fingerprint density at radius 3 is 1.00 bits per heavy atom. The highest BCUT2D eigenvalue weighted by atomic mass is 16.6. The molecule has 0 fully saturated rings. The second-order valence-corrected chi connectivity index (χ2v) is 13.8. The van der Waals surface area contributed by atoms with E-state index in [-0.39, 0.29) is 25.2 Å². The summed E-state index contributed by atoms with van der Waals surface area (Å²) in [6.45, 7) is 4.31. The molecule has 0 aliphatic carbocycles. The molecule has 0 unspecified atom stereocenters. The van der Waals surface area contributed by atoms with Gasteiger partial charge in [0.2, 0.25) is 0 Å². The smallest absolute Gasteiger partial charge is 0.305 e. The van der Waals surface area contributed by atoms with Crippen LogP contribution in [0.2, 0.25) is 0 Å². The maximum absolute atomic E-state index is 12.0. The summed E-state index contributed by atoms with van der Waals surface area (Å²) in [6, 6.07) is 0. The number of aliphatic hydroxyl groups is 1. The molecular weight excluding hydrogens is 572 g/mol. The van der Waals surface area contributed by atoms with E-state index in [2.05, 4.69) is 26.0 Å². The summed E-state index contributed by atoms with van der Waals surface area (Å²) in [7, 11) is 0. The number of rotatable bonds is 37. The highest BCUT2D eigenvalue weighted by Gasteiger charge is 2.12. The van der Waals surface area contributed by atoms with E-state index < -0.39 is 6.10 Å². The summed E-state index contributed by atoms with van der Waals surface area (Å²) in [5.74, 6) is -0.557. The molecule has 1 atom stereocenters. The Labute approximate surface area is 286 Å². The summed E-state index contributed by atoms with van der Waals surface area (Å²) >= 11 is 0. The molecule has 0 aromatic heterocycles. The zero-order chi connectivity index (χ0) is 33.6. The summed E-state index contributed by atoms with van der Waals surface area (Å²) in [5, 5.41) is 10.0. The molecule has 0 spiro atoms. The standard InChI is InChI=1S/C41H78O5/c1-3-5-7-9-11-13-15-17-18-19-20-21-22-24-26-28-30-32-34-36-41(44)46-38-39(42)37-45-40(43)35-33-31-29-27-25-23-16-14-12-10-8-6-4-2/h17-18,39,42H,3-16,19-38H2,1-2H3/b18-17-/t39-/m1/s1. The number of esters is 2. The van der Waals surface area contributed by atoms with E-state index in [1.54, 1.807) is 0 Å². The Balaban J connectivity index is 3.39. The number of carbonyl (C=O) groups is 2. The minimum atomic E-state index is -0.958. The number of hydrogen-bond donors (Lipinski definition) is 1. The number of aliphatic hydroxyl groups excluding tert-OH is 1. The Bertz CT molecular complexity index is 661. The molecule has 0 saturated heterocycles. The maximum Gasteiger partial charge on any atom is 0.305 e. The molecule has 5 heteroatoms. The fourth-order valence-corrected chi connectivity index (χ4v) is 5.91. The Morgan fingerprint density at radius 2 is 0.696 bits per heavy atom. The lowest BCUT2D eigenvalue weighted by Gasteiger charge is -2.12. The largest absolute Gasteiger partial charge is 0.463 e. The van der Waals surface area contributed by atoms with Crippen molar-refractivity contribution in [1.82, 2.24) is 0 Å². The first-order chi connectivity index (χ1) is 22.6. The molecule has 0 aliphatic heterocycles. The molecule has 0 aromatic carbocycles. The van der Waals surface area contributed by atoms with E-state index >= 15 is 0 Å². The molecule has 5 nitrogen and oxygen atoms in total. The lowest BCUT2D eigenvalue weighted by Crippen LogP contribution is -2.25. The Kier molecular flexibility index (Phi) is 37.0. The highest BCUT2D eigenvalue weighted by Crippen LogP contribution is 2.14. The molecule has 0 bridgehead atoms. The van der Waals surface area contributed by atoms with Gasteiger partial charge < -0.3 is 14.6 Å². The SMILES string of the molecule is CCCCCCCC/C=C\CCCCCCCCCCCC(=O)OC[C@H](O)COC(=O)CCCCCCCCCCCCCCC. The lowest BCUT2D eigenvalue weighted by atomic mass is 10.0. The summed E-state index contributed by atoms with van der Waals surface area (Å²) < 4.78 is 10.3. The van der Waals surface area contributed by atoms with Crippen LogP contribution in [0.4, 0.5) is 0 Å². The van der Waals surface area contributed by atoms with Gasteiger partial charge in [-0.3, -0.25) is 9.59 Å². The van der Waals surface area contributed by atoms with Crippen molar-refractivity contribution in [2.75, 3.05) is 13.2 Å². The van der Waals surface area contributed by atoms with Gasteiger partial charge in [-0.15, -0.1) is 0 Å². The van der Waals surface area contributed by atoms with Crippen LogP contribution in [0.15, 0.2) is 12.2 Å². The van der Waals surface area contributed by atoms with Gasteiger partial charge in [0, 0.05) is 12.8 Å². The number of carbonyl (C=O) groups excluding carboxylic acids is 2. The molecule has 1 N–H and O–H groups in total. The molecule has 46 heavy (non-hydrogen) atoms. The summed E-state index contributed by atoms with van der Waals surface area (Å²) in [6.07, 6.45) is 42.7. The number of hydrogen-bond acceptors (Lipinski definition) is 5. The topological polar surface area (TPSA) is 72.8 Å². The third kappa shape index (κ3) is 37.1. The zero-order valence-corrected chi connectivity index (χ0v) is 30.9. The first-order valence-electron chi connectivity index (χ1n) is 20.2. The molecule has 0 radical (unpaired) electrons. The van der Waals surface area contributed by atoms with Crippen LogP contribution in [-0.4, -0.2) is 36.4 Å². The third-order valence-corrected chi connectivity index (χ3v) is 9.00. The van der Waals surface area contributed by atoms with Crippen molar-refractivity contribution in [1.29, 1.82) is 0 Å². The van der Waals surface area contributed by atoms with E-state index in [1.807, 2.05) is 0 Å². The number of allylic oxidation sites excluding steroid dienone is 2. The minimum absolute atomic E-state index is 0.111. The fraction of sp³-hybridized carbons (Fsp3) is 0.902. The molecule has 0 amide bonds. The molecule has 0 aromatic rings. The van der Waals surface area contributed by atoms with Crippen molar-refractivity contribution in [2.45, 2.75) is 225 Å². The van der Waals surface area contributed by atoms with E-state index in [1.165, 1.54) is 161 Å². The van der Waals surface area contributed by atoms with Crippen LogP contribution < -0.4 is 0 Å². The predicted octanol–water partition coefficient (Wildman–Crippen LogP) is 12.5. The van der Waals surface area contributed by atoms with Crippen LogP contribution in [0.5, 0.6) is 0 Å². The van der Waals surface area contributed by atoms with Gasteiger partial charge in [-0.1, -0.05) is 180 Å². The van der Waals surface area contributed by atoms with Crippen molar-refractivity contribution >= 4 is 11.9 Å². The minimum Gasteiger partial charge on any atom is -0.463 e. The van der Waals surface area contributed by atoms with E-state index in [9.17, 15) is 14.7 Å². The number of unbranched alkanes of at least 4 members (excludes halogenated alkanes) is 27. The molecular formula is C41H78O5. The van der Waals surface area contributed by atoms with Gasteiger partial charge in [-0.2, -0.15) is 0 Å². The van der Waals surface area contributed by atoms with Crippen LogP contribution >= 0.6 is 0 Å². The molecule has 0 saturated carbocycles. The maximum atomic E-state index is 12.0. The van der Waals surface area contributed by atoms with Gasteiger partial charge in [0.15, 0.2) is 0 Å². The van der Waals surface area contributed by atoms with Crippen LogP contribution in [0.1, 0.15) is 219 Å². The van der Waals surface area contributed by atoms with Crippen molar-refractivity contribution in [3.8, 4) is 0 Å². The van der Waals surface area contributed by atoms with Crippen LogP contribution in [0.25, 0.3) is 0 Å². The molecule has 0 aliphatic rings. The molecule has 0 heterocycles. The van der Waals surface area contributed by atoms with Crippen molar-refractivity contribution in [2.24, 2.45) is 0 Å². The highest BCUT2D eigenvalue weighted by molar-refractivity contribution is 5.69. The van der Waals surface area contributed by atoms with Gasteiger partial charge in [0.25, 0.3) is 0 Å². The van der Waals surface area contributed by atoms with Gasteiger partial charge in [0.05, 0.1) is 0 Å². The quantitative estimate of drug-likeness (QED) is 0.0411. The predicted molar refractivity (Wildman–Crippen MR) is 196 cm³/mol. The van der Waals surface area contributed by atoms with E-state index in [4.69, 9.17) is 9.47 Å². The Hall–Kier alpha value is -1.36. The van der Waals surface area contributed by atoms with Crippen LogP contribution in [0, 0.1) is 0 Å².